The zero-order chi connectivity index (χ0) is 80.6. The van der Waals surface area contributed by atoms with Crippen LogP contribution in [0.2, 0.25) is 0 Å². The molecule has 0 aromatic heterocycles. The van der Waals surface area contributed by atoms with Gasteiger partial charge in [0.25, 0.3) is 22.7 Å². The maximum absolute atomic E-state index is 14.5. The van der Waals surface area contributed by atoms with Gasteiger partial charge in [0.1, 0.15) is 58.3 Å². The van der Waals surface area contributed by atoms with E-state index >= 15 is 0 Å². The fourth-order valence-electron chi connectivity index (χ4n) is 13.0. The fraction of sp³-hybridized carbons (Fsp3) is 0.351. The monoisotopic (exact) mass is 1710 g/mol. The molecular formula is C74H76Br2F12N10O14. The molecule has 8 N–H and O–H groups in total. The van der Waals surface area contributed by atoms with Crippen molar-refractivity contribution in [1.82, 2.24) is 0 Å². The highest BCUT2D eigenvalue weighted by Gasteiger charge is 2.42. The number of nitrogens with zero attached hydrogens (tertiary/aromatic N) is 6. The Hall–Kier alpha value is -10.3. The molecule has 1 aliphatic carbocycles. The van der Waals surface area contributed by atoms with Crippen molar-refractivity contribution < 1.29 is 145 Å². The summed E-state index contributed by atoms with van der Waals surface area (Å²) in [6.07, 6.45) is -21.6. The molecule has 38 heteroatoms. The predicted molar refractivity (Wildman–Crippen MR) is 380 cm³/mol. The fourth-order valence-corrected chi connectivity index (χ4v) is 13.0. The second-order valence-electron chi connectivity index (χ2n) is 27.7. The largest absolute Gasteiger partial charge is 1.00 e. The number of aliphatic hydroxyl groups excluding tert-OH is 2. The van der Waals surface area contributed by atoms with Crippen molar-refractivity contribution >= 4 is 45.5 Å². The third-order valence-electron chi connectivity index (χ3n) is 18.5. The molecule has 0 unspecified atom stereocenters. The Morgan fingerprint density at radius 3 is 0.777 bits per heavy atom. The molecule has 0 amide bonds. The number of nitro benzene ring substituents is 4. The van der Waals surface area contributed by atoms with Gasteiger partial charge in [-0.2, -0.15) is 52.7 Å². The number of phenolic OH excluding ortho intramolecular Hbond substituents is 2. The molecule has 8 aromatic rings. The second kappa shape index (κ2) is 36.5. The standard InChI is InChI=1S/C74H74F12N10O14.2BrH/c1-95(2,17-19-97)15-5-21-109-69-51-27-45(41-89-57-9-13-65(93(105)106)61(37-57)73(81,82)83)28-52(69)32-48-24-44(40-88-56-8-12-64(92(103)104)60(36-56)72(78,79)80)26-50(68(48)100)34-54-30-46(42-90-58-10-14-66(94(107)108)62(38-58)74(84,85)86)29-53(70(54)110-22-6-16-96(3,4)18-20-98)33-49-25-43(23-47(31-51)67(49)99)39-87-55-7-11-63(91(101)102)59(35-55)71(75,76)77;;/h7-14,23-30,35-38,87-90,97-98H,5-6,15-22,31-34,39-42H2,1-4H3;2*1H. The lowest BCUT2D eigenvalue weighted by molar-refractivity contribution is -0.890. The number of ether oxygens (including phenoxy) is 2. The Morgan fingerprint density at radius 2 is 0.580 bits per heavy atom. The van der Waals surface area contributed by atoms with Gasteiger partial charge in [-0.3, -0.25) is 40.5 Å². The first kappa shape index (κ1) is 88.9. The zero-order valence-electron chi connectivity index (χ0n) is 60.1. The zero-order valence-corrected chi connectivity index (χ0v) is 63.3. The highest BCUT2D eigenvalue weighted by molar-refractivity contribution is 5.63. The molecule has 0 saturated carbocycles. The smallest absolute Gasteiger partial charge is 0.423 e. The van der Waals surface area contributed by atoms with Gasteiger partial charge in [-0.1, -0.05) is 0 Å². The molecule has 0 spiro atoms. The van der Waals surface area contributed by atoms with Gasteiger partial charge in [0.05, 0.1) is 87.4 Å². The number of anilines is 4. The molecule has 24 nitrogen and oxygen atoms in total. The second-order valence-corrected chi connectivity index (χ2v) is 27.7. The number of benzene rings is 8. The Balaban J connectivity index is 0.00000870. The maximum atomic E-state index is 14.5. The van der Waals surface area contributed by atoms with Crippen LogP contribution in [-0.2, 0) is 76.6 Å². The van der Waals surface area contributed by atoms with Gasteiger partial charge in [-0.25, -0.2) is 0 Å². The number of hydrogen-bond donors (Lipinski definition) is 8. The third-order valence-corrected chi connectivity index (χ3v) is 18.5. The van der Waals surface area contributed by atoms with E-state index in [4.69, 9.17) is 9.47 Å². The molecule has 0 radical (unpaired) electrons. The van der Waals surface area contributed by atoms with Crippen molar-refractivity contribution in [3.05, 3.63) is 251 Å². The number of phenols is 2. The quantitative estimate of drug-likeness (QED) is 0.00682. The summed E-state index contributed by atoms with van der Waals surface area (Å²) in [6, 6.07) is 21.2. The first-order valence-corrected chi connectivity index (χ1v) is 34.0. The van der Waals surface area contributed by atoms with Gasteiger partial charge < -0.3 is 94.1 Å². The van der Waals surface area contributed by atoms with E-state index in [0.717, 1.165) is 24.3 Å². The van der Waals surface area contributed by atoms with Crippen molar-refractivity contribution in [2.75, 3.05) is 102 Å². The Labute approximate surface area is 652 Å². The summed E-state index contributed by atoms with van der Waals surface area (Å²) in [5, 5.41) is 105. The van der Waals surface area contributed by atoms with Crippen LogP contribution in [0.25, 0.3) is 0 Å². The van der Waals surface area contributed by atoms with Gasteiger partial charge in [-0.05, 0) is 164 Å². The number of hydrogen-bond acceptors (Lipinski definition) is 18. The average Bonchev–Trinajstić information content (AvgIpc) is 0.751. The Kier molecular flexibility index (Phi) is 29.0. The van der Waals surface area contributed by atoms with E-state index in [0.29, 0.717) is 96.5 Å². The molecule has 0 atom stereocenters. The van der Waals surface area contributed by atoms with Crippen LogP contribution < -0.4 is 64.7 Å². The molecule has 1 aliphatic rings. The lowest BCUT2D eigenvalue weighted by atomic mass is 9.88. The van der Waals surface area contributed by atoms with Crippen LogP contribution in [0.15, 0.2) is 121 Å². The molecule has 0 saturated heterocycles. The highest BCUT2D eigenvalue weighted by atomic mass is 79.9. The molecule has 8 bridgehead atoms. The van der Waals surface area contributed by atoms with Gasteiger partial charge >= 0.3 is 24.7 Å². The van der Waals surface area contributed by atoms with E-state index in [9.17, 15) is 114 Å². The van der Waals surface area contributed by atoms with Gasteiger partial charge in [0, 0.05) is 112 Å². The van der Waals surface area contributed by atoms with Crippen LogP contribution in [0.3, 0.4) is 0 Å². The summed E-state index contributed by atoms with van der Waals surface area (Å²) in [6.45, 7) is -0.442. The number of fused-ring (bicyclic) bond motifs is 8. The minimum absolute atomic E-state index is 0. The van der Waals surface area contributed by atoms with Gasteiger partial charge in [-0.15, -0.1) is 0 Å². The minimum atomic E-state index is -5.21. The number of quaternary nitrogens is 2. The molecule has 0 heterocycles. The van der Waals surface area contributed by atoms with E-state index in [1.807, 2.05) is 28.2 Å². The average molecular weight is 1720 g/mol. The lowest BCUT2D eigenvalue weighted by Gasteiger charge is -2.29. The minimum Gasteiger partial charge on any atom is -1.00 e. The molecule has 0 fully saturated rings. The molecule has 9 rings (SSSR count). The Morgan fingerprint density at radius 1 is 0.366 bits per heavy atom. The van der Waals surface area contributed by atoms with Crippen molar-refractivity contribution in [2.24, 2.45) is 0 Å². The third kappa shape index (κ3) is 23.0. The number of halogens is 14. The SMILES string of the molecule is C[N+](C)(CCO)CCCOc1c2cc(CNc3ccc([N+](=O)[O-])c(C(F)(F)F)c3)cc1Cc1cc(CNc3ccc([N+](=O)[O-])c(C(F)(F)F)c3)cc(c1O)Cc1cc(CNc3ccc([N+](=O)[O-])c(C(F)(F)F)c3)cc(c1OCCC[N+](C)(C)CCO)Cc1cc(CNc3ccc([N+](=O)[O-])c(C(F)(F)F)c3)cc(c1O)C2.[Br-].[Br-]. The lowest BCUT2D eigenvalue weighted by Crippen LogP contribution is -3.00. The number of alkyl halides is 12. The molecule has 8 aromatic carbocycles. The van der Waals surface area contributed by atoms with Crippen LogP contribution in [0.4, 0.5) is 98.2 Å². The molecule has 0 aliphatic heterocycles. The van der Waals surface area contributed by atoms with Crippen LogP contribution >= 0.6 is 0 Å². The van der Waals surface area contributed by atoms with Crippen LogP contribution in [-0.4, -0.2) is 130 Å². The van der Waals surface area contributed by atoms with Crippen LogP contribution in [0.5, 0.6) is 23.0 Å². The molecule has 604 valence electrons. The van der Waals surface area contributed by atoms with E-state index in [1.54, 1.807) is 24.3 Å². The first-order chi connectivity index (χ1) is 51.5. The van der Waals surface area contributed by atoms with Crippen LogP contribution in [0.1, 0.15) is 102 Å². The van der Waals surface area contributed by atoms with Crippen molar-refractivity contribution in [1.29, 1.82) is 0 Å². The van der Waals surface area contributed by atoms with E-state index < -0.39 is 101 Å². The highest BCUT2D eigenvalue weighted by Crippen LogP contribution is 2.45. The number of likely N-dealkylation sites (N-methyl/N-ethyl adjacent to an activating group) is 2. The van der Waals surface area contributed by atoms with Crippen molar-refractivity contribution in [3.63, 3.8) is 0 Å². The summed E-state index contributed by atoms with van der Waals surface area (Å²) in [7, 11) is 7.41. The summed E-state index contributed by atoms with van der Waals surface area (Å²) in [5.74, 6) is -0.634. The number of aromatic hydroxyl groups is 2. The van der Waals surface area contributed by atoms with Crippen molar-refractivity contribution in [2.45, 2.75) is 89.4 Å². The summed E-state index contributed by atoms with van der Waals surface area (Å²) in [4.78, 5) is 42.5. The predicted octanol–water partition coefficient (Wildman–Crippen LogP) is 9.61. The van der Waals surface area contributed by atoms with Crippen molar-refractivity contribution in [3.8, 4) is 23.0 Å². The van der Waals surface area contributed by atoms with Crippen LogP contribution in [0, 0.1) is 40.5 Å². The number of nitro groups is 4. The Bertz CT molecular complexity index is 4390. The van der Waals surface area contributed by atoms with Gasteiger partial charge in [0.15, 0.2) is 0 Å². The summed E-state index contributed by atoms with van der Waals surface area (Å²) in [5.41, 5.74) is -10.1. The topological polar surface area (TPSA) is 320 Å². The van der Waals surface area contributed by atoms with E-state index in [-0.39, 0.29) is 213 Å². The first-order valence-electron chi connectivity index (χ1n) is 34.0. The summed E-state index contributed by atoms with van der Waals surface area (Å²) >= 11 is 0. The maximum Gasteiger partial charge on any atom is 0.423 e. The number of aliphatic hydroxyl groups is 2. The number of nitrogens with one attached hydrogen (secondary N) is 4. The molecule has 112 heavy (non-hydrogen) atoms. The van der Waals surface area contributed by atoms with E-state index in [1.165, 1.54) is 24.3 Å². The number of rotatable bonds is 30. The normalized spacial score (nSPS) is 12.6. The molecular weight excluding hydrogens is 1640 g/mol. The summed E-state index contributed by atoms with van der Waals surface area (Å²) < 4.78 is 188. The van der Waals surface area contributed by atoms with E-state index in [2.05, 4.69) is 21.3 Å². The van der Waals surface area contributed by atoms with Gasteiger partial charge in [0.2, 0.25) is 0 Å².